The first-order valence-electron chi connectivity index (χ1n) is 6.77. The van der Waals surface area contributed by atoms with Crippen LogP contribution in [0, 0.1) is 6.92 Å². The number of ether oxygens (including phenoxy) is 1. The molecule has 0 aliphatic heterocycles. The van der Waals surface area contributed by atoms with Gasteiger partial charge in [0.1, 0.15) is 0 Å². The normalized spacial score (nSPS) is 10.5. The zero-order chi connectivity index (χ0) is 14.1. The van der Waals surface area contributed by atoms with Gasteiger partial charge in [-0.3, -0.25) is 4.79 Å². The largest absolute Gasteiger partial charge is 0.379 e. The molecular formula is C15H24N2O2. The van der Waals surface area contributed by atoms with Crippen molar-refractivity contribution in [3.8, 4) is 0 Å². The smallest absolute Gasteiger partial charge is 0.239 e. The number of rotatable bonds is 8. The Kier molecular flexibility index (Phi) is 6.97. The molecule has 0 aliphatic rings. The van der Waals surface area contributed by atoms with Gasteiger partial charge in [-0.25, -0.2) is 0 Å². The van der Waals surface area contributed by atoms with E-state index < -0.39 is 0 Å². The first-order chi connectivity index (χ1) is 9.08. The molecule has 0 spiro atoms. The molecule has 19 heavy (non-hydrogen) atoms. The highest BCUT2D eigenvalue weighted by Gasteiger charge is 2.01. The van der Waals surface area contributed by atoms with Gasteiger partial charge in [-0.15, -0.1) is 0 Å². The van der Waals surface area contributed by atoms with Gasteiger partial charge >= 0.3 is 0 Å². The van der Waals surface area contributed by atoms with Gasteiger partial charge in [0.2, 0.25) is 5.91 Å². The number of benzene rings is 1. The molecule has 4 nitrogen and oxygen atoms in total. The summed E-state index contributed by atoms with van der Waals surface area (Å²) in [5, 5.41) is 5.96. The second-order valence-corrected chi connectivity index (χ2v) is 4.85. The Bertz CT molecular complexity index is 391. The van der Waals surface area contributed by atoms with Crippen LogP contribution in [-0.2, 0) is 9.53 Å². The summed E-state index contributed by atoms with van der Waals surface area (Å²) in [6.45, 7) is 7.67. The van der Waals surface area contributed by atoms with Crippen molar-refractivity contribution in [2.75, 3.05) is 25.0 Å². The molecule has 106 valence electrons. The van der Waals surface area contributed by atoms with E-state index in [4.69, 9.17) is 4.74 Å². The summed E-state index contributed by atoms with van der Waals surface area (Å²) in [5.41, 5.74) is 2.15. The highest BCUT2D eigenvalue weighted by molar-refractivity contribution is 5.80. The minimum Gasteiger partial charge on any atom is -0.379 e. The van der Waals surface area contributed by atoms with Crippen LogP contribution in [0.5, 0.6) is 0 Å². The standard InChI is InChI=1S/C15H24N2O2/c1-12(2)19-9-5-8-16-15(18)11-17-14-7-4-6-13(3)10-14/h4,6-7,10,12,17H,5,8-9,11H2,1-3H3,(H,16,18). The Labute approximate surface area is 115 Å². The first kappa shape index (κ1) is 15.5. The van der Waals surface area contributed by atoms with E-state index in [-0.39, 0.29) is 12.0 Å². The van der Waals surface area contributed by atoms with Crippen LogP contribution in [0.15, 0.2) is 24.3 Å². The van der Waals surface area contributed by atoms with Crippen LogP contribution in [0.2, 0.25) is 0 Å². The maximum Gasteiger partial charge on any atom is 0.239 e. The SMILES string of the molecule is Cc1cccc(NCC(=O)NCCCOC(C)C)c1. The van der Waals surface area contributed by atoms with E-state index in [2.05, 4.69) is 10.6 Å². The molecule has 0 radical (unpaired) electrons. The van der Waals surface area contributed by atoms with Crippen molar-refractivity contribution in [3.05, 3.63) is 29.8 Å². The number of hydrogen-bond donors (Lipinski definition) is 2. The van der Waals surface area contributed by atoms with E-state index in [1.807, 2.05) is 45.0 Å². The molecule has 1 amide bonds. The van der Waals surface area contributed by atoms with Gasteiger partial charge in [-0.1, -0.05) is 12.1 Å². The monoisotopic (exact) mass is 264 g/mol. The fourth-order valence-corrected chi connectivity index (χ4v) is 1.62. The van der Waals surface area contributed by atoms with Gasteiger partial charge in [0.15, 0.2) is 0 Å². The maximum atomic E-state index is 11.6. The Balaban J connectivity index is 2.11. The van der Waals surface area contributed by atoms with Crippen LogP contribution in [0.4, 0.5) is 5.69 Å². The fourth-order valence-electron chi connectivity index (χ4n) is 1.62. The number of carbonyl (C=O) groups is 1. The molecule has 4 heteroatoms. The Morgan fingerprint density at radius 3 is 2.84 bits per heavy atom. The van der Waals surface area contributed by atoms with Gasteiger partial charge in [0, 0.05) is 18.8 Å². The summed E-state index contributed by atoms with van der Waals surface area (Å²) in [5.74, 6) is 0.00560. The number of hydrogen-bond acceptors (Lipinski definition) is 3. The zero-order valence-corrected chi connectivity index (χ0v) is 12.0. The molecule has 2 N–H and O–H groups in total. The molecule has 0 aromatic heterocycles. The molecule has 0 saturated heterocycles. The minimum absolute atomic E-state index is 0.00560. The molecule has 0 heterocycles. The molecule has 0 aliphatic carbocycles. The van der Waals surface area contributed by atoms with Crippen LogP contribution in [0.3, 0.4) is 0 Å². The van der Waals surface area contributed by atoms with Crippen molar-refractivity contribution in [1.29, 1.82) is 0 Å². The third-order valence-corrected chi connectivity index (χ3v) is 2.57. The van der Waals surface area contributed by atoms with Gasteiger partial charge in [0.05, 0.1) is 12.6 Å². The summed E-state index contributed by atoms with van der Waals surface area (Å²) in [7, 11) is 0. The average Bonchev–Trinajstić information content (AvgIpc) is 2.35. The first-order valence-corrected chi connectivity index (χ1v) is 6.77. The van der Waals surface area contributed by atoms with E-state index in [1.165, 1.54) is 5.56 Å². The van der Waals surface area contributed by atoms with Crippen molar-refractivity contribution in [2.24, 2.45) is 0 Å². The van der Waals surface area contributed by atoms with E-state index in [0.717, 1.165) is 12.1 Å². The molecule has 1 aromatic rings. The number of carbonyl (C=O) groups excluding carboxylic acids is 1. The summed E-state index contributed by atoms with van der Waals surface area (Å²) in [6.07, 6.45) is 1.09. The molecule has 0 bridgehead atoms. The molecule has 0 fully saturated rings. The Hall–Kier alpha value is -1.55. The molecule has 0 atom stereocenters. The van der Waals surface area contributed by atoms with Crippen LogP contribution in [0.25, 0.3) is 0 Å². The lowest BCUT2D eigenvalue weighted by molar-refractivity contribution is -0.119. The quantitative estimate of drug-likeness (QED) is 0.709. The molecule has 1 rings (SSSR count). The predicted molar refractivity (Wildman–Crippen MR) is 78.4 cm³/mol. The predicted octanol–water partition coefficient (Wildman–Crippen LogP) is 2.34. The van der Waals surface area contributed by atoms with Crippen LogP contribution < -0.4 is 10.6 Å². The molecule has 0 saturated carbocycles. The lowest BCUT2D eigenvalue weighted by atomic mass is 10.2. The average molecular weight is 264 g/mol. The lowest BCUT2D eigenvalue weighted by Crippen LogP contribution is -2.31. The van der Waals surface area contributed by atoms with Crippen molar-refractivity contribution < 1.29 is 9.53 Å². The Morgan fingerprint density at radius 2 is 2.16 bits per heavy atom. The zero-order valence-electron chi connectivity index (χ0n) is 12.0. The second kappa shape index (κ2) is 8.53. The topological polar surface area (TPSA) is 50.4 Å². The number of aryl methyl sites for hydroxylation is 1. The molecule has 0 unspecified atom stereocenters. The van der Waals surface area contributed by atoms with Crippen LogP contribution in [0.1, 0.15) is 25.8 Å². The van der Waals surface area contributed by atoms with Gasteiger partial charge in [-0.05, 0) is 44.9 Å². The van der Waals surface area contributed by atoms with Crippen molar-refractivity contribution in [3.63, 3.8) is 0 Å². The number of anilines is 1. The summed E-state index contributed by atoms with van der Waals surface area (Å²) in [4.78, 5) is 11.6. The summed E-state index contributed by atoms with van der Waals surface area (Å²) < 4.78 is 5.40. The van der Waals surface area contributed by atoms with Crippen LogP contribution >= 0.6 is 0 Å². The lowest BCUT2D eigenvalue weighted by Gasteiger charge is -2.09. The third-order valence-electron chi connectivity index (χ3n) is 2.57. The Morgan fingerprint density at radius 1 is 1.37 bits per heavy atom. The van der Waals surface area contributed by atoms with Gasteiger partial charge < -0.3 is 15.4 Å². The second-order valence-electron chi connectivity index (χ2n) is 4.85. The van der Waals surface area contributed by atoms with Crippen molar-refractivity contribution >= 4 is 11.6 Å². The van der Waals surface area contributed by atoms with E-state index >= 15 is 0 Å². The molecular weight excluding hydrogens is 240 g/mol. The van der Waals surface area contributed by atoms with Crippen LogP contribution in [-0.4, -0.2) is 31.7 Å². The van der Waals surface area contributed by atoms with E-state index in [9.17, 15) is 4.79 Å². The summed E-state index contributed by atoms with van der Waals surface area (Å²) >= 11 is 0. The van der Waals surface area contributed by atoms with Crippen molar-refractivity contribution in [1.82, 2.24) is 5.32 Å². The number of amides is 1. The molecule has 1 aromatic carbocycles. The minimum atomic E-state index is 0.00560. The number of nitrogens with one attached hydrogen (secondary N) is 2. The highest BCUT2D eigenvalue weighted by atomic mass is 16.5. The van der Waals surface area contributed by atoms with Gasteiger partial charge in [-0.2, -0.15) is 0 Å². The fraction of sp³-hybridized carbons (Fsp3) is 0.533. The highest BCUT2D eigenvalue weighted by Crippen LogP contribution is 2.08. The third kappa shape index (κ3) is 7.47. The maximum absolute atomic E-state index is 11.6. The van der Waals surface area contributed by atoms with E-state index in [0.29, 0.717) is 19.7 Å². The van der Waals surface area contributed by atoms with Gasteiger partial charge in [0.25, 0.3) is 0 Å². The summed E-state index contributed by atoms with van der Waals surface area (Å²) in [6, 6.07) is 7.97. The van der Waals surface area contributed by atoms with E-state index in [1.54, 1.807) is 0 Å². The van der Waals surface area contributed by atoms with Crippen molar-refractivity contribution in [2.45, 2.75) is 33.3 Å².